The van der Waals surface area contributed by atoms with Crippen LogP contribution < -0.4 is 26.9 Å². The van der Waals surface area contributed by atoms with Gasteiger partial charge in [0.05, 0.1) is 18.4 Å². The van der Waals surface area contributed by atoms with E-state index in [1.54, 1.807) is 0 Å². The third kappa shape index (κ3) is 5.46. The third-order valence-corrected chi connectivity index (χ3v) is 12.7. The van der Waals surface area contributed by atoms with Gasteiger partial charge in [0.1, 0.15) is 12.3 Å². The van der Waals surface area contributed by atoms with Crippen LogP contribution in [0.2, 0.25) is 0 Å². The Balaban J connectivity index is 1.30. The summed E-state index contributed by atoms with van der Waals surface area (Å²) in [5.41, 5.74) is 6.77. The highest BCUT2D eigenvalue weighted by molar-refractivity contribution is 5.87. The van der Waals surface area contributed by atoms with Gasteiger partial charge in [-0.15, -0.1) is 0 Å². The van der Waals surface area contributed by atoms with Gasteiger partial charge < -0.3 is 20.4 Å². The van der Waals surface area contributed by atoms with E-state index in [9.17, 15) is 9.59 Å². The maximum atomic E-state index is 16.8. The van der Waals surface area contributed by atoms with Crippen molar-refractivity contribution in [2.24, 2.45) is 29.6 Å². The molecule has 0 aromatic heterocycles. The SMILES string of the molecule is C=CC(=O)N1C[C@H](C)N(C2NC(=O)N3C4NC(C(F)CC42)C2C(F)CCCC2CN2NNCC2C2CCNC(C(C)C)C23)C[C@H]1C. The number of amides is 3. The molecule has 1 aliphatic carbocycles. The van der Waals surface area contributed by atoms with Gasteiger partial charge in [0.2, 0.25) is 5.91 Å². The molecule has 6 heterocycles. The monoisotopic (exact) mass is 647 g/mol. The molecule has 46 heavy (non-hydrogen) atoms. The lowest BCUT2D eigenvalue weighted by atomic mass is 9.69. The summed E-state index contributed by atoms with van der Waals surface area (Å²) < 4.78 is 32.9. The Hall–Kier alpha value is -1.90. The van der Waals surface area contributed by atoms with Crippen molar-refractivity contribution in [3.63, 3.8) is 0 Å². The molecule has 6 saturated heterocycles. The van der Waals surface area contributed by atoms with E-state index in [0.717, 1.165) is 32.4 Å². The fourth-order valence-corrected chi connectivity index (χ4v) is 10.6. The van der Waals surface area contributed by atoms with E-state index in [-0.39, 0.29) is 72.2 Å². The number of nitrogens with zero attached hydrogens (tertiary/aromatic N) is 4. The molecule has 7 fully saturated rings. The van der Waals surface area contributed by atoms with Crippen molar-refractivity contribution in [2.45, 2.75) is 121 Å². The molecule has 13 heteroatoms. The first-order chi connectivity index (χ1) is 22.1. The van der Waals surface area contributed by atoms with E-state index >= 15 is 8.78 Å². The van der Waals surface area contributed by atoms with Crippen LogP contribution in [0, 0.1) is 29.6 Å². The third-order valence-electron chi connectivity index (χ3n) is 12.7. The highest BCUT2D eigenvalue weighted by Crippen LogP contribution is 2.45. The molecule has 11 nitrogen and oxygen atoms in total. The molecule has 5 N–H and O–H groups in total. The van der Waals surface area contributed by atoms with Crippen LogP contribution in [0.4, 0.5) is 13.6 Å². The van der Waals surface area contributed by atoms with Crippen LogP contribution in [0.3, 0.4) is 0 Å². The molecule has 2 bridgehead atoms. The van der Waals surface area contributed by atoms with Crippen molar-refractivity contribution < 1.29 is 18.4 Å². The fourth-order valence-electron chi connectivity index (χ4n) is 10.6. The summed E-state index contributed by atoms with van der Waals surface area (Å²) in [6.07, 6.45) is 1.45. The Bertz CT molecular complexity index is 1160. The Morgan fingerprint density at radius 1 is 1.02 bits per heavy atom. The predicted octanol–water partition coefficient (Wildman–Crippen LogP) is 1.55. The van der Waals surface area contributed by atoms with Gasteiger partial charge in [-0.1, -0.05) is 26.8 Å². The highest BCUT2D eigenvalue weighted by atomic mass is 19.1. The molecule has 7 aliphatic rings. The quantitative estimate of drug-likeness (QED) is 0.294. The van der Waals surface area contributed by atoms with Crippen LogP contribution in [0.25, 0.3) is 0 Å². The number of piperidine rings is 2. The molecule has 14 atom stereocenters. The standard InChI is InChI=1S/C33H55F2N9O2/c1-6-26(45)41-14-19(5)42(15-18(41)4)31-22-12-24(35)29-27-20(8-7-9-23(27)34)16-43-25(13-37-40-43)21-10-11-36-28(17(2)3)30(21)44(32(22)38-29)33(46)39-31/h6,17-25,27-32,36-38,40H,1,7-16H2,2-5H3,(H,39,46)/t18-,19+,20?,21?,22?,23?,24?,25?,27?,28?,29?,30?,31?,32?/m1/s1. The minimum absolute atomic E-state index is 0.00289. The first kappa shape index (κ1) is 32.6. The number of nitrogens with one attached hydrogen (secondary N) is 5. The van der Waals surface area contributed by atoms with Crippen molar-refractivity contribution in [1.29, 1.82) is 0 Å². The molecule has 0 spiro atoms. The second kappa shape index (κ2) is 12.9. The van der Waals surface area contributed by atoms with Gasteiger partial charge in [-0.3, -0.25) is 15.0 Å². The molecular formula is C33H55F2N9O2. The number of hydrogen-bond donors (Lipinski definition) is 5. The summed E-state index contributed by atoms with van der Waals surface area (Å²) in [6, 6.07) is -0.926. The van der Waals surface area contributed by atoms with Crippen molar-refractivity contribution in [1.82, 2.24) is 46.6 Å². The second-order valence-corrected chi connectivity index (χ2v) is 15.6. The van der Waals surface area contributed by atoms with Crippen molar-refractivity contribution in [3.05, 3.63) is 12.7 Å². The van der Waals surface area contributed by atoms with Gasteiger partial charge in [0.15, 0.2) is 0 Å². The average molecular weight is 648 g/mol. The summed E-state index contributed by atoms with van der Waals surface area (Å²) in [5.74, 6) is -0.396. The molecule has 0 aromatic rings. The summed E-state index contributed by atoms with van der Waals surface area (Å²) in [4.78, 5) is 33.4. The Morgan fingerprint density at radius 2 is 1.83 bits per heavy atom. The van der Waals surface area contributed by atoms with E-state index in [2.05, 4.69) is 64.2 Å². The lowest BCUT2D eigenvalue weighted by Gasteiger charge is -2.60. The largest absolute Gasteiger partial charge is 0.334 e. The van der Waals surface area contributed by atoms with E-state index in [1.807, 2.05) is 16.7 Å². The van der Waals surface area contributed by atoms with Crippen LogP contribution in [0.15, 0.2) is 12.7 Å². The van der Waals surface area contributed by atoms with Crippen LogP contribution in [-0.2, 0) is 4.79 Å². The number of hydrazine groups is 2. The second-order valence-electron chi connectivity index (χ2n) is 15.6. The number of carbonyl (C=O) groups is 2. The number of rotatable bonds is 3. The van der Waals surface area contributed by atoms with Gasteiger partial charge in [-0.05, 0) is 64.0 Å². The number of fused-ring (bicyclic) bond motifs is 7. The number of hydrogen-bond acceptors (Lipinski definition) is 8. The maximum absolute atomic E-state index is 16.8. The zero-order chi connectivity index (χ0) is 32.4. The molecule has 1 saturated carbocycles. The van der Waals surface area contributed by atoms with E-state index in [4.69, 9.17) is 0 Å². The van der Waals surface area contributed by atoms with Gasteiger partial charge in [0.25, 0.3) is 0 Å². The fraction of sp³-hybridized carbons (Fsp3) is 0.879. The smallest absolute Gasteiger partial charge is 0.320 e. The van der Waals surface area contributed by atoms with Gasteiger partial charge in [0, 0.05) is 74.1 Å². The Labute approximate surface area is 272 Å². The summed E-state index contributed by atoms with van der Waals surface area (Å²) >= 11 is 0. The normalized spacial score (nSPS) is 46.9. The summed E-state index contributed by atoms with van der Waals surface area (Å²) in [7, 11) is 0. The van der Waals surface area contributed by atoms with E-state index in [0.29, 0.717) is 26.1 Å². The molecule has 0 aromatic carbocycles. The van der Waals surface area contributed by atoms with Crippen molar-refractivity contribution >= 4 is 11.9 Å². The summed E-state index contributed by atoms with van der Waals surface area (Å²) in [6.45, 7) is 15.5. The molecule has 258 valence electrons. The van der Waals surface area contributed by atoms with Gasteiger partial charge in [-0.2, -0.15) is 5.53 Å². The number of piperazine rings is 1. The lowest BCUT2D eigenvalue weighted by molar-refractivity contribution is -0.136. The van der Waals surface area contributed by atoms with Crippen molar-refractivity contribution in [2.75, 3.05) is 32.7 Å². The Morgan fingerprint density at radius 3 is 2.59 bits per heavy atom. The minimum atomic E-state index is -1.25. The predicted molar refractivity (Wildman–Crippen MR) is 171 cm³/mol. The average Bonchev–Trinajstić information content (AvgIpc) is 3.48. The molecule has 3 amide bonds. The van der Waals surface area contributed by atoms with Crippen LogP contribution >= 0.6 is 0 Å². The topological polar surface area (TPSA) is 107 Å². The van der Waals surface area contributed by atoms with E-state index < -0.39 is 36.6 Å². The molecule has 7 rings (SSSR count). The first-order valence-corrected chi connectivity index (χ1v) is 17.9. The first-order valence-electron chi connectivity index (χ1n) is 17.9. The zero-order valence-electron chi connectivity index (χ0n) is 27.9. The summed E-state index contributed by atoms with van der Waals surface area (Å²) in [5, 5.41) is 13.1. The Kier molecular flexibility index (Phi) is 9.12. The molecular weight excluding hydrogens is 592 g/mol. The lowest BCUT2D eigenvalue weighted by Crippen LogP contribution is -2.80. The number of halogens is 2. The highest BCUT2D eigenvalue weighted by Gasteiger charge is 2.59. The number of alkyl halides is 2. The van der Waals surface area contributed by atoms with Crippen molar-refractivity contribution in [3.8, 4) is 0 Å². The maximum Gasteiger partial charge on any atom is 0.320 e. The van der Waals surface area contributed by atoms with E-state index in [1.165, 1.54) is 6.08 Å². The number of carbonyl (C=O) groups excluding carboxylic acids is 2. The minimum Gasteiger partial charge on any atom is -0.334 e. The van der Waals surface area contributed by atoms with Crippen LogP contribution in [0.1, 0.15) is 59.8 Å². The van der Waals surface area contributed by atoms with Gasteiger partial charge in [-0.25, -0.2) is 24.0 Å². The molecule has 0 radical (unpaired) electrons. The molecule has 6 aliphatic heterocycles. The zero-order valence-corrected chi connectivity index (χ0v) is 27.9. The number of urea groups is 1. The van der Waals surface area contributed by atoms with Crippen LogP contribution in [0.5, 0.6) is 0 Å². The van der Waals surface area contributed by atoms with Gasteiger partial charge >= 0.3 is 6.03 Å². The molecule has 12 unspecified atom stereocenters. The van der Waals surface area contributed by atoms with Crippen LogP contribution in [-0.4, -0.2) is 125 Å².